The maximum atomic E-state index is 4.24. The van der Waals surface area contributed by atoms with Crippen molar-refractivity contribution in [2.45, 2.75) is 11.3 Å². The lowest BCUT2D eigenvalue weighted by Crippen LogP contribution is -2.36. The van der Waals surface area contributed by atoms with Crippen LogP contribution in [0.4, 0.5) is 5.95 Å². The molecule has 21 heavy (non-hydrogen) atoms. The molecule has 1 aliphatic rings. The molecule has 1 aromatic heterocycles. The molecule has 2 heterocycles. The van der Waals surface area contributed by atoms with Gasteiger partial charge in [-0.2, -0.15) is 16.4 Å². The molecule has 1 aliphatic heterocycles. The van der Waals surface area contributed by atoms with Crippen LogP contribution in [0.3, 0.4) is 0 Å². The van der Waals surface area contributed by atoms with E-state index in [9.17, 15) is 0 Å². The Morgan fingerprint density at radius 2 is 1.95 bits per heavy atom. The molecule has 0 saturated carbocycles. The molecular weight excluding hydrogens is 284 g/mol. The van der Waals surface area contributed by atoms with Gasteiger partial charge in [-0.25, -0.2) is 0 Å². The third-order valence-corrected chi connectivity index (χ3v) is 5.01. The summed E-state index contributed by atoms with van der Waals surface area (Å²) in [5, 5.41) is 12.8. The second kappa shape index (κ2) is 6.03. The van der Waals surface area contributed by atoms with Gasteiger partial charge in [0.05, 0.1) is 5.69 Å². The number of tetrazole rings is 1. The van der Waals surface area contributed by atoms with Crippen LogP contribution in [0.1, 0.15) is 0 Å². The van der Waals surface area contributed by atoms with Gasteiger partial charge in [0.1, 0.15) is 0 Å². The average Bonchev–Trinajstić information content (AvgIpc) is 3.14. The second-order valence-electron chi connectivity index (χ2n) is 5.44. The van der Waals surface area contributed by atoms with E-state index in [-0.39, 0.29) is 0 Å². The molecule has 0 N–H and O–H groups in total. The minimum absolute atomic E-state index is 0.515. The summed E-state index contributed by atoms with van der Waals surface area (Å²) < 4.78 is 1.81. The van der Waals surface area contributed by atoms with Crippen LogP contribution in [-0.2, 0) is 0 Å². The first-order chi connectivity index (χ1) is 10.2. The highest BCUT2D eigenvalue weighted by molar-refractivity contribution is 7.99. The molecule has 0 radical (unpaired) electrons. The molecule has 0 amide bonds. The van der Waals surface area contributed by atoms with Crippen LogP contribution in [-0.4, -0.2) is 69.8 Å². The predicted molar refractivity (Wildman–Crippen MR) is 86.1 cm³/mol. The first kappa shape index (κ1) is 14.3. The van der Waals surface area contributed by atoms with E-state index in [2.05, 4.69) is 45.7 Å². The molecule has 0 spiro atoms. The monoisotopic (exact) mass is 304 g/mol. The predicted octanol–water partition coefficient (Wildman–Crippen LogP) is 1.14. The first-order valence-electron chi connectivity index (χ1n) is 6.98. The maximum absolute atomic E-state index is 4.24. The number of likely N-dealkylation sites (N-methyl/N-ethyl adjacent to an activating group) is 1. The van der Waals surface area contributed by atoms with Gasteiger partial charge in [0.2, 0.25) is 5.95 Å². The molecule has 1 fully saturated rings. The molecule has 2 atom stereocenters. The van der Waals surface area contributed by atoms with Crippen LogP contribution in [0.25, 0.3) is 5.69 Å². The molecule has 3 rings (SSSR count). The molecule has 0 bridgehead atoms. The third kappa shape index (κ3) is 2.75. The largest absolute Gasteiger partial charge is 0.337 e. The van der Waals surface area contributed by atoms with Crippen molar-refractivity contribution in [2.24, 2.45) is 0 Å². The van der Waals surface area contributed by atoms with Crippen molar-refractivity contribution in [1.82, 2.24) is 25.1 Å². The zero-order chi connectivity index (χ0) is 14.8. The zero-order valence-electron chi connectivity index (χ0n) is 12.5. The Morgan fingerprint density at radius 3 is 2.57 bits per heavy atom. The van der Waals surface area contributed by atoms with Gasteiger partial charge >= 0.3 is 0 Å². The summed E-state index contributed by atoms with van der Waals surface area (Å²) in [6, 6.07) is 10.5. The number of para-hydroxylation sites is 1. The summed E-state index contributed by atoms with van der Waals surface area (Å²) >= 11 is 1.91. The Hall–Kier alpha value is -1.60. The molecule has 0 aliphatic carbocycles. The number of rotatable bonds is 4. The normalized spacial score (nSPS) is 22.2. The molecule has 6 nitrogen and oxygen atoms in total. The minimum atomic E-state index is 0.515. The summed E-state index contributed by atoms with van der Waals surface area (Å²) in [5.74, 6) is 0.824. The summed E-state index contributed by atoms with van der Waals surface area (Å²) in [6.07, 6.45) is 2.17. The molecule has 7 heteroatoms. The number of nitrogens with zero attached hydrogens (tertiary/aromatic N) is 6. The van der Waals surface area contributed by atoms with Crippen molar-refractivity contribution < 1.29 is 0 Å². The summed E-state index contributed by atoms with van der Waals surface area (Å²) in [6.45, 7) is 1.92. The van der Waals surface area contributed by atoms with Crippen LogP contribution in [0.5, 0.6) is 0 Å². The molecule has 112 valence electrons. The third-order valence-electron chi connectivity index (χ3n) is 3.94. The van der Waals surface area contributed by atoms with E-state index in [4.69, 9.17) is 0 Å². The van der Waals surface area contributed by atoms with Gasteiger partial charge < -0.3 is 9.80 Å². The van der Waals surface area contributed by atoms with Crippen LogP contribution in [0.2, 0.25) is 0 Å². The number of aromatic nitrogens is 4. The molecular formula is C14H20N6S. The SMILES string of the molecule is CS[C@@H]1CN(c2nnnn2-c2ccccc2)C[C@@H]1N(C)C. The van der Waals surface area contributed by atoms with Gasteiger partial charge in [0, 0.05) is 24.4 Å². The fourth-order valence-corrected chi connectivity index (χ4v) is 3.74. The van der Waals surface area contributed by atoms with Crippen molar-refractivity contribution in [3.05, 3.63) is 30.3 Å². The Bertz CT molecular complexity index is 584. The minimum Gasteiger partial charge on any atom is -0.337 e. The van der Waals surface area contributed by atoms with E-state index < -0.39 is 0 Å². The maximum Gasteiger partial charge on any atom is 0.250 e. The summed E-state index contributed by atoms with van der Waals surface area (Å²) in [4.78, 5) is 4.57. The van der Waals surface area contributed by atoms with Crippen molar-refractivity contribution in [3.63, 3.8) is 0 Å². The van der Waals surface area contributed by atoms with Crippen molar-refractivity contribution in [2.75, 3.05) is 38.3 Å². The lowest BCUT2D eigenvalue weighted by molar-refractivity contribution is 0.320. The topological polar surface area (TPSA) is 50.1 Å². The molecule has 0 unspecified atom stereocenters. The van der Waals surface area contributed by atoms with E-state index >= 15 is 0 Å². The van der Waals surface area contributed by atoms with Gasteiger partial charge in [0.25, 0.3) is 0 Å². The summed E-state index contributed by atoms with van der Waals surface area (Å²) in [5.41, 5.74) is 0.992. The van der Waals surface area contributed by atoms with Crippen LogP contribution in [0.15, 0.2) is 30.3 Å². The smallest absolute Gasteiger partial charge is 0.250 e. The number of hydrogen-bond donors (Lipinski definition) is 0. The lowest BCUT2D eigenvalue weighted by atomic mass is 10.2. The van der Waals surface area contributed by atoms with Crippen molar-refractivity contribution in [3.8, 4) is 5.69 Å². The number of anilines is 1. The highest BCUT2D eigenvalue weighted by atomic mass is 32.2. The highest BCUT2D eigenvalue weighted by Gasteiger charge is 2.36. The molecule has 1 saturated heterocycles. The lowest BCUT2D eigenvalue weighted by Gasteiger charge is -2.23. The van der Waals surface area contributed by atoms with E-state index in [1.165, 1.54) is 0 Å². The Kier molecular flexibility index (Phi) is 4.12. The van der Waals surface area contributed by atoms with Crippen molar-refractivity contribution in [1.29, 1.82) is 0 Å². The van der Waals surface area contributed by atoms with Crippen LogP contribution >= 0.6 is 11.8 Å². The molecule has 1 aromatic carbocycles. The Morgan fingerprint density at radius 1 is 1.19 bits per heavy atom. The quantitative estimate of drug-likeness (QED) is 0.844. The average molecular weight is 304 g/mol. The summed E-state index contributed by atoms with van der Waals surface area (Å²) in [7, 11) is 4.27. The second-order valence-corrected chi connectivity index (χ2v) is 6.51. The number of hydrogen-bond acceptors (Lipinski definition) is 6. The van der Waals surface area contributed by atoms with Gasteiger partial charge in [-0.05, 0) is 42.9 Å². The van der Waals surface area contributed by atoms with Crippen molar-refractivity contribution >= 4 is 17.7 Å². The van der Waals surface area contributed by atoms with Gasteiger partial charge in [0.15, 0.2) is 0 Å². The molecule has 2 aromatic rings. The van der Waals surface area contributed by atoms with Crippen LogP contribution in [0, 0.1) is 0 Å². The van der Waals surface area contributed by atoms with Crippen LogP contribution < -0.4 is 4.90 Å². The Labute approximate surface area is 129 Å². The van der Waals surface area contributed by atoms with Gasteiger partial charge in [-0.1, -0.05) is 23.3 Å². The Balaban J connectivity index is 1.88. The van der Waals surface area contributed by atoms with E-state index in [1.54, 1.807) is 0 Å². The number of thioether (sulfide) groups is 1. The van der Waals surface area contributed by atoms with Gasteiger partial charge in [-0.15, -0.1) is 0 Å². The highest BCUT2D eigenvalue weighted by Crippen LogP contribution is 2.27. The fraction of sp³-hybridized carbons (Fsp3) is 0.500. The zero-order valence-corrected chi connectivity index (χ0v) is 13.4. The standard InChI is InChI=1S/C14H20N6S/c1-18(2)12-9-19(10-13(12)21-3)14-15-16-17-20(14)11-7-5-4-6-8-11/h4-8,12-13H,9-10H2,1-3H3/t12-,13+/m0/s1. The fourth-order valence-electron chi connectivity index (χ4n) is 2.76. The number of benzene rings is 1. The van der Waals surface area contributed by atoms with E-state index in [0.717, 1.165) is 24.7 Å². The first-order valence-corrected chi connectivity index (χ1v) is 8.27. The van der Waals surface area contributed by atoms with E-state index in [0.29, 0.717) is 11.3 Å². The van der Waals surface area contributed by atoms with Gasteiger partial charge in [-0.3, -0.25) is 0 Å². The van der Waals surface area contributed by atoms with E-state index in [1.807, 2.05) is 46.8 Å².